The smallest absolute Gasteiger partial charge is 0.292 e. The average molecular weight is 214 g/mol. The number of fused-ring (bicyclic) bond motifs is 1. The van der Waals surface area contributed by atoms with Crippen LogP contribution in [0.2, 0.25) is 0 Å². The standard InChI is InChI=1S/C12H10N2O2/c1-7-11(16-12(13)14-7)9-6-15-10-5-3-2-4-8(9)10/h2-6H,1H3,(H2,13,14). The zero-order valence-corrected chi connectivity index (χ0v) is 8.73. The first-order valence-corrected chi connectivity index (χ1v) is 4.95. The Morgan fingerprint density at radius 1 is 1.25 bits per heavy atom. The van der Waals surface area contributed by atoms with Gasteiger partial charge in [-0.2, -0.15) is 4.98 Å². The minimum absolute atomic E-state index is 0.179. The number of anilines is 1. The molecule has 1 aromatic carbocycles. The number of aromatic nitrogens is 1. The first-order chi connectivity index (χ1) is 7.75. The van der Waals surface area contributed by atoms with Crippen molar-refractivity contribution in [2.45, 2.75) is 6.92 Å². The van der Waals surface area contributed by atoms with E-state index in [1.54, 1.807) is 6.26 Å². The summed E-state index contributed by atoms with van der Waals surface area (Å²) < 4.78 is 10.8. The molecule has 4 nitrogen and oxygen atoms in total. The Bertz CT molecular complexity index is 652. The van der Waals surface area contributed by atoms with Gasteiger partial charge in [0.15, 0.2) is 5.76 Å². The Labute approximate surface area is 91.7 Å². The fourth-order valence-electron chi connectivity index (χ4n) is 1.82. The van der Waals surface area contributed by atoms with Crippen molar-refractivity contribution in [3.05, 3.63) is 36.2 Å². The number of benzene rings is 1. The highest BCUT2D eigenvalue weighted by Crippen LogP contribution is 2.33. The maximum absolute atomic E-state index is 5.52. The highest BCUT2D eigenvalue weighted by atomic mass is 16.4. The van der Waals surface area contributed by atoms with Gasteiger partial charge in [-0.05, 0) is 13.0 Å². The fourth-order valence-corrected chi connectivity index (χ4v) is 1.82. The van der Waals surface area contributed by atoms with Gasteiger partial charge in [-0.25, -0.2) is 0 Å². The van der Waals surface area contributed by atoms with Gasteiger partial charge in [-0.3, -0.25) is 0 Å². The summed E-state index contributed by atoms with van der Waals surface area (Å²) in [6, 6.07) is 7.95. The molecule has 0 aliphatic carbocycles. The van der Waals surface area contributed by atoms with Gasteiger partial charge in [0.2, 0.25) is 0 Å². The molecule has 0 spiro atoms. The van der Waals surface area contributed by atoms with E-state index in [1.165, 1.54) is 0 Å². The molecule has 0 bridgehead atoms. The molecule has 0 aliphatic rings. The average Bonchev–Trinajstić information content (AvgIpc) is 2.81. The summed E-state index contributed by atoms with van der Waals surface area (Å²) >= 11 is 0. The molecule has 16 heavy (non-hydrogen) atoms. The molecule has 3 aromatic rings. The van der Waals surface area contributed by atoms with Crippen molar-refractivity contribution in [2.24, 2.45) is 0 Å². The summed E-state index contributed by atoms with van der Waals surface area (Å²) in [5.74, 6) is 0.669. The van der Waals surface area contributed by atoms with Crippen molar-refractivity contribution in [2.75, 3.05) is 5.73 Å². The molecular formula is C12H10N2O2. The van der Waals surface area contributed by atoms with Crippen molar-refractivity contribution in [1.82, 2.24) is 4.98 Å². The number of hydrogen-bond acceptors (Lipinski definition) is 4. The molecule has 0 saturated heterocycles. The zero-order chi connectivity index (χ0) is 11.1. The fraction of sp³-hybridized carbons (Fsp3) is 0.0833. The van der Waals surface area contributed by atoms with Crippen LogP contribution in [0, 0.1) is 6.92 Å². The molecule has 2 N–H and O–H groups in total. The van der Waals surface area contributed by atoms with E-state index < -0.39 is 0 Å². The molecule has 0 aliphatic heterocycles. The number of aryl methyl sites for hydroxylation is 1. The van der Waals surface area contributed by atoms with Crippen molar-refractivity contribution < 1.29 is 8.83 Å². The summed E-state index contributed by atoms with van der Waals surface area (Å²) in [6.45, 7) is 1.86. The summed E-state index contributed by atoms with van der Waals surface area (Å²) in [7, 11) is 0. The lowest BCUT2D eigenvalue weighted by Crippen LogP contribution is -1.81. The molecule has 0 radical (unpaired) electrons. The molecule has 0 atom stereocenters. The number of rotatable bonds is 1. The van der Waals surface area contributed by atoms with Crippen molar-refractivity contribution in [1.29, 1.82) is 0 Å². The molecule has 4 heteroatoms. The van der Waals surface area contributed by atoms with Crippen LogP contribution in [0.15, 0.2) is 39.4 Å². The van der Waals surface area contributed by atoms with E-state index in [9.17, 15) is 0 Å². The second-order valence-electron chi connectivity index (χ2n) is 3.61. The SMILES string of the molecule is Cc1nc(N)oc1-c1coc2ccccc12. The maximum Gasteiger partial charge on any atom is 0.292 e. The predicted molar refractivity (Wildman–Crippen MR) is 60.9 cm³/mol. The quantitative estimate of drug-likeness (QED) is 0.676. The van der Waals surface area contributed by atoms with E-state index in [4.69, 9.17) is 14.6 Å². The number of nitrogen functional groups attached to an aromatic ring is 1. The van der Waals surface area contributed by atoms with Gasteiger partial charge in [0.05, 0.1) is 11.3 Å². The normalized spacial score (nSPS) is 11.1. The van der Waals surface area contributed by atoms with Crippen LogP contribution in [-0.2, 0) is 0 Å². The second-order valence-corrected chi connectivity index (χ2v) is 3.61. The minimum atomic E-state index is 0.179. The Balaban J connectivity index is 2.30. The Morgan fingerprint density at radius 2 is 2.06 bits per heavy atom. The molecule has 2 heterocycles. The number of para-hydroxylation sites is 1. The number of nitrogens with zero attached hydrogens (tertiary/aromatic N) is 1. The van der Waals surface area contributed by atoms with Crippen molar-refractivity contribution >= 4 is 17.0 Å². The lowest BCUT2D eigenvalue weighted by atomic mass is 10.1. The Morgan fingerprint density at radius 3 is 2.81 bits per heavy atom. The topological polar surface area (TPSA) is 65.2 Å². The summed E-state index contributed by atoms with van der Waals surface area (Å²) in [5, 5.41) is 1.00. The van der Waals surface area contributed by atoms with Crippen LogP contribution in [0.5, 0.6) is 0 Å². The van der Waals surface area contributed by atoms with Gasteiger partial charge in [-0.1, -0.05) is 18.2 Å². The molecule has 80 valence electrons. The van der Waals surface area contributed by atoms with Crippen LogP contribution >= 0.6 is 0 Å². The predicted octanol–water partition coefficient (Wildman–Crippen LogP) is 2.98. The molecule has 3 rings (SSSR count). The van der Waals surface area contributed by atoms with Crippen molar-refractivity contribution in [3.8, 4) is 11.3 Å². The number of nitrogens with two attached hydrogens (primary N) is 1. The van der Waals surface area contributed by atoms with E-state index in [-0.39, 0.29) is 6.01 Å². The van der Waals surface area contributed by atoms with Gasteiger partial charge < -0.3 is 14.6 Å². The summed E-state index contributed by atoms with van der Waals surface area (Å²) in [5.41, 5.74) is 8.00. The number of hydrogen-bond donors (Lipinski definition) is 1. The lowest BCUT2D eigenvalue weighted by molar-refractivity contribution is 0.586. The first-order valence-electron chi connectivity index (χ1n) is 4.95. The monoisotopic (exact) mass is 214 g/mol. The maximum atomic E-state index is 5.52. The van der Waals surface area contributed by atoms with Gasteiger partial charge in [0.1, 0.15) is 11.8 Å². The number of oxazole rings is 1. The minimum Gasteiger partial charge on any atom is -0.464 e. The Kier molecular flexibility index (Phi) is 1.77. The molecule has 0 unspecified atom stereocenters. The summed E-state index contributed by atoms with van der Waals surface area (Å²) in [4.78, 5) is 4.04. The van der Waals surface area contributed by atoms with Crippen LogP contribution in [0.4, 0.5) is 6.01 Å². The lowest BCUT2D eigenvalue weighted by Gasteiger charge is -1.93. The molecule has 0 fully saturated rings. The van der Waals surface area contributed by atoms with Crippen LogP contribution in [0.25, 0.3) is 22.3 Å². The van der Waals surface area contributed by atoms with Gasteiger partial charge >= 0.3 is 0 Å². The third kappa shape index (κ3) is 1.20. The summed E-state index contributed by atoms with van der Waals surface area (Å²) in [6.07, 6.45) is 1.66. The van der Waals surface area contributed by atoms with Gasteiger partial charge in [0, 0.05) is 5.39 Å². The zero-order valence-electron chi connectivity index (χ0n) is 8.73. The van der Waals surface area contributed by atoms with E-state index in [2.05, 4.69) is 4.98 Å². The number of furan rings is 1. The van der Waals surface area contributed by atoms with Crippen LogP contribution in [0.1, 0.15) is 5.69 Å². The van der Waals surface area contributed by atoms with Gasteiger partial charge in [-0.15, -0.1) is 0 Å². The van der Waals surface area contributed by atoms with E-state index in [0.717, 1.165) is 22.2 Å². The Hall–Kier alpha value is -2.23. The highest BCUT2D eigenvalue weighted by molar-refractivity contribution is 5.92. The van der Waals surface area contributed by atoms with E-state index >= 15 is 0 Å². The van der Waals surface area contributed by atoms with E-state index in [0.29, 0.717) is 5.76 Å². The van der Waals surface area contributed by atoms with Crippen LogP contribution in [-0.4, -0.2) is 4.98 Å². The largest absolute Gasteiger partial charge is 0.464 e. The van der Waals surface area contributed by atoms with Gasteiger partial charge in [0.25, 0.3) is 6.01 Å². The van der Waals surface area contributed by atoms with Crippen molar-refractivity contribution in [3.63, 3.8) is 0 Å². The van der Waals surface area contributed by atoms with Crippen LogP contribution in [0.3, 0.4) is 0 Å². The third-order valence-corrected chi connectivity index (χ3v) is 2.54. The first kappa shape index (κ1) is 9.03. The molecule has 0 saturated carbocycles. The highest BCUT2D eigenvalue weighted by Gasteiger charge is 2.15. The molecule has 0 amide bonds. The molecular weight excluding hydrogens is 204 g/mol. The molecule has 2 aromatic heterocycles. The third-order valence-electron chi connectivity index (χ3n) is 2.54. The van der Waals surface area contributed by atoms with Crippen LogP contribution < -0.4 is 5.73 Å². The second kappa shape index (κ2) is 3.13. The van der Waals surface area contributed by atoms with E-state index in [1.807, 2.05) is 31.2 Å².